The fourth-order valence-corrected chi connectivity index (χ4v) is 3.22. The summed E-state index contributed by atoms with van der Waals surface area (Å²) >= 11 is 0. The van der Waals surface area contributed by atoms with Gasteiger partial charge in [0.1, 0.15) is 17.2 Å². The standard InChI is InChI=1S/C18H25N5O3/c1-12-16(17(24)19-8-10-21(2)3)13-11-23(9-6-15(13)26-12)18(25)14-5-7-20-22(14)4/h5,7H,6,8-11H2,1-4H3,(H,19,24). The van der Waals surface area contributed by atoms with Crippen molar-refractivity contribution in [3.8, 4) is 0 Å². The number of rotatable bonds is 5. The fourth-order valence-electron chi connectivity index (χ4n) is 3.22. The molecule has 8 nitrogen and oxygen atoms in total. The van der Waals surface area contributed by atoms with Gasteiger partial charge in [-0.2, -0.15) is 5.10 Å². The number of nitrogens with zero attached hydrogens (tertiary/aromatic N) is 4. The van der Waals surface area contributed by atoms with Crippen molar-refractivity contribution in [1.82, 2.24) is 24.9 Å². The quantitative estimate of drug-likeness (QED) is 0.854. The molecule has 0 aliphatic carbocycles. The van der Waals surface area contributed by atoms with Crippen LogP contribution in [0.4, 0.5) is 0 Å². The van der Waals surface area contributed by atoms with Crippen molar-refractivity contribution >= 4 is 11.8 Å². The number of furan rings is 1. The van der Waals surface area contributed by atoms with E-state index < -0.39 is 0 Å². The Kier molecular flexibility index (Phi) is 5.13. The molecule has 0 radical (unpaired) electrons. The topological polar surface area (TPSA) is 83.6 Å². The maximum absolute atomic E-state index is 12.8. The van der Waals surface area contributed by atoms with Crippen LogP contribution in [0.3, 0.4) is 0 Å². The number of carbonyl (C=O) groups is 2. The van der Waals surface area contributed by atoms with E-state index in [0.717, 1.165) is 17.9 Å². The second-order valence-corrected chi connectivity index (χ2v) is 6.81. The smallest absolute Gasteiger partial charge is 0.272 e. The Morgan fingerprint density at radius 1 is 1.38 bits per heavy atom. The molecular weight excluding hydrogens is 334 g/mol. The lowest BCUT2D eigenvalue weighted by Gasteiger charge is -2.26. The minimum absolute atomic E-state index is 0.0894. The van der Waals surface area contributed by atoms with Crippen LogP contribution in [-0.2, 0) is 20.0 Å². The van der Waals surface area contributed by atoms with Crippen LogP contribution in [0.2, 0.25) is 0 Å². The zero-order valence-corrected chi connectivity index (χ0v) is 15.7. The Labute approximate surface area is 152 Å². The van der Waals surface area contributed by atoms with Crippen molar-refractivity contribution in [3.63, 3.8) is 0 Å². The summed E-state index contributed by atoms with van der Waals surface area (Å²) in [5.74, 6) is 1.17. The van der Waals surface area contributed by atoms with Crippen molar-refractivity contribution in [2.24, 2.45) is 7.05 Å². The molecule has 0 bridgehead atoms. The third kappa shape index (κ3) is 3.50. The average Bonchev–Trinajstić information content (AvgIpc) is 3.15. The molecule has 1 N–H and O–H groups in total. The van der Waals surface area contributed by atoms with E-state index in [4.69, 9.17) is 4.42 Å². The summed E-state index contributed by atoms with van der Waals surface area (Å²) in [5, 5.41) is 6.99. The first-order valence-corrected chi connectivity index (χ1v) is 8.69. The van der Waals surface area contributed by atoms with E-state index in [-0.39, 0.29) is 11.8 Å². The first-order chi connectivity index (χ1) is 12.4. The summed E-state index contributed by atoms with van der Waals surface area (Å²) in [4.78, 5) is 29.1. The molecule has 0 aromatic carbocycles. The van der Waals surface area contributed by atoms with Gasteiger partial charge in [-0.3, -0.25) is 14.3 Å². The van der Waals surface area contributed by atoms with Crippen molar-refractivity contribution in [1.29, 1.82) is 0 Å². The Bertz CT molecular complexity index is 821. The minimum Gasteiger partial charge on any atom is -0.465 e. The van der Waals surface area contributed by atoms with Gasteiger partial charge in [0.15, 0.2) is 0 Å². The van der Waals surface area contributed by atoms with Gasteiger partial charge >= 0.3 is 0 Å². The number of aryl methyl sites for hydroxylation is 2. The number of amides is 2. The molecule has 0 spiro atoms. The number of likely N-dealkylation sites (N-methyl/N-ethyl adjacent to an activating group) is 1. The molecule has 2 aromatic heterocycles. The second-order valence-electron chi connectivity index (χ2n) is 6.81. The van der Waals surface area contributed by atoms with E-state index >= 15 is 0 Å². The Morgan fingerprint density at radius 2 is 2.15 bits per heavy atom. The fraction of sp³-hybridized carbons (Fsp3) is 0.500. The molecule has 3 heterocycles. The molecule has 0 unspecified atom stereocenters. The molecule has 2 aromatic rings. The van der Waals surface area contributed by atoms with E-state index in [0.29, 0.717) is 43.1 Å². The summed E-state index contributed by atoms with van der Waals surface area (Å²) in [5.41, 5.74) is 1.90. The van der Waals surface area contributed by atoms with Crippen LogP contribution in [0.1, 0.15) is 37.9 Å². The first kappa shape index (κ1) is 18.2. The summed E-state index contributed by atoms with van der Waals surface area (Å²) in [6.07, 6.45) is 2.21. The lowest BCUT2D eigenvalue weighted by atomic mass is 10.0. The van der Waals surface area contributed by atoms with Crippen molar-refractivity contribution in [2.75, 3.05) is 33.7 Å². The number of carbonyl (C=O) groups excluding carboxylic acids is 2. The molecule has 0 atom stereocenters. The van der Waals surface area contributed by atoms with E-state index in [2.05, 4.69) is 10.4 Å². The summed E-state index contributed by atoms with van der Waals surface area (Å²) in [6.45, 7) is 4.05. The van der Waals surface area contributed by atoms with Gasteiger partial charge in [0.25, 0.3) is 11.8 Å². The molecule has 0 saturated carbocycles. The summed E-state index contributed by atoms with van der Waals surface area (Å²) < 4.78 is 7.36. The van der Waals surface area contributed by atoms with Gasteiger partial charge in [-0.05, 0) is 27.1 Å². The van der Waals surface area contributed by atoms with Gasteiger partial charge in [-0.15, -0.1) is 0 Å². The number of fused-ring (bicyclic) bond motifs is 1. The van der Waals surface area contributed by atoms with Gasteiger partial charge in [0, 0.05) is 44.9 Å². The molecule has 1 aliphatic rings. The van der Waals surface area contributed by atoms with Crippen LogP contribution in [0, 0.1) is 6.92 Å². The number of hydrogen-bond donors (Lipinski definition) is 1. The van der Waals surface area contributed by atoms with Crippen molar-refractivity contribution < 1.29 is 14.0 Å². The zero-order valence-electron chi connectivity index (χ0n) is 15.7. The molecule has 26 heavy (non-hydrogen) atoms. The molecule has 8 heteroatoms. The third-order valence-electron chi connectivity index (χ3n) is 4.62. The SMILES string of the molecule is Cc1oc2c(c1C(=O)NCCN(C)C)CN(C(=O)c1ccnn1C)CC2. The predicted molar refractivity (Wildman–Crippen MR) is 96.0 cm³/mol. The highest BCUT2D eigenvalue weighted by atomic mass is 16.3. The molecule has 2 amide bonds. The summed E-state index contributed by atoms with van der Waals surface area (Å²) in [7, 11) is 5.66. The number of nitrogens with one attached hydrogen (secondary N) is 1. The van der Waals surface area contributed by atoms with Crippen LogP contribution in [0.25, 0.3) is 0 Å². The van der Waals surface area contributed by atoms with Gasteiger partial charge < -0.3 is 19.5 Å². The van der Waals surface area contributed by atoms with Gasteiger partial charge in [0.2, 0.25) is 0 Å². The normalized spacial score (nSPS) is 13.8. The van der Waals surface area contributed by atoms with E-state index in [1.54, 1.807) is 35.8 Å². The lowest BCUT2D eigenvalue weighted by molar-refractivity contribution is 0.0716. The maximum Gasteiger partial charge on any atom is 0.272 e. The molecule has 0 saturated heterocycles. The summed E-state index contributed by atoms with van der Waals surface area (Å²) in [6, 6.07) is 1.70. The van der Waals surface area contributed by atoms with E-state index in [1.807, 2.05) is 19.0 Å². The van der Waals surface area contributed by atoms with Crippen LogP contribution in [-0.4, -0.2) is 65.1 Å². The minimum atomic E-state index is -0.149. The highest BCUT2D eigenvalue weighted by molar-refractivity contribution is 5.97. The van der Waals surface area contributed by atoms with E-state index in [1.165, 1.54) is 0 Å². The first-order valence-electron chi connectivity index (χ1n) is 8.69. The van der Waals surface area contributed by atoms with Gasteiger partial charge in [-0.25, -0.2) is 0 Å². The van der Waals surface area contributed by atoms with Crippen LogP contribution < -0.4 is 5.32 Å². The highest BCUT2D eigenvalue weighted by Crippen LogP contribution is 2.28. The molecule has 0 fully saturated rings. The monoisotopic (exact) mass is 359 g/mol. The maximum atomic E-state index is 12.8. The van der Waals surface area contributed by atoms with Crippen LogP contribution >= 0.6 is 0 Å². The molecular formula is C18H25N5O3. The Hall–Kier alpha value is -2.61. The largest absolute Gasteiger partial charge is 0.465 e. The molecule has 3 rings (SSSR count). The zero-order chi connectivity index (χ0) is 18.8. The van der Waals surface area contributed by atoms with Gasteiger partial charge in [0.05, 0.1) is 12.1 Å². The number of aromatic nitrogens is 2. The lowest BCUT2D eigenvalue weighted by Crippen LogP contribution is -2.38. The average molecular weight is 359 g/mol. The van der Waals surface area contributed by atoms with Gasteiger partial charge in [-0.1, -0.05) is 0 Å². The third-order valence-corrected chi connectivity index (χ3v) is 4.62. The highest BCUT2D eigenvalue weighted by Gasteiger charge is 2.31. The van der Waals surface area contributed by atoms with Crippen molar-refractivity contribution in [2.45, 2.75) is 19.9 Å². The second kappa shape index (κ2) is 7.33. The van der Waals surface area contributed by atoms with Crippen LogP contribution in [0.5, 0.6) is 0 Å². The predicted octanol–water partition coefficient (Wildman–Crippen LogP) is 0.811. The molecule has 1 aliphatic heterocycles. The van der Waals surface area contributed by atoms with E-state index in [9.17, 15) is 9.59 Å². The number of hydrogen-bond acceptors (Lipinski definition) is 5. The molecule has 140 valence electrons. The van der Waals surface area contributed by atoms with Crippen LogP contribution in [0.15, 0.2) is 16.7 Å². The Balaban J connectivity index is 1.78. The van der Waals surface area contributed by atoms with Crippen molar-refractivity contribution in [3.05, 3.63) is 40.6 Å². The Morgan fingerprint density at radius 3 is 2.81 bits per heavy atom.